The van der Waals surface area contributed by atoms with Crippen LogP contribution in [0.4, 0.5) is 0 Å². The van der Waals surface area contributed by atoms with Crippen LogP contribution >= 0.6 is 0 Å². The van der Waals surface area contributed by atoms with E-state index in [0.717, 1.165) is 37.1 Å². The number of hydrogen-bond acceptors (Lipinski definition) is 4. The monoisotopic (exact) mass is 354 g/mol. The van der Waals surface area contributed by atoms with E-state index in [1.165, 1.54) is 0 Å². The van der Waals surface area contributed by atoms with Gasteiger partial charge in [-0.3, -0.25) is 9.89 Å². The fraction of sp³-hybridized carbons (Fsp3) is 0.474. The Morgan fingerprint density at radius 1 is 1.19 bits per heavy atom. The Kier molecular flexibility index (Phi) is 4.22. The van der Waals surface area contributed by atoms with Crippen LogP contribution in [0.15, 0.2) is 24.3 Å². The van der Waals surface area contributed by atoms with Crippen LogP contribution in [0.3, 0.4) is 0 Å². The number of nitrogens with zero attached hydrogens (tertiary/aromatic N) is 3. The number of carbonyl (C=O) groups is 2. The molecule has 0 spiro atoms. The molecule has 0 bridgehead atoms. The normalized spacial score (nSPS) is 25.1. The van der Waals surface area contributed by atoms with Crippen molar-refractivity contribution in [3.8, 4) is 11.4 Å². The fourth-order valence-electron chi connectivity index (χ4n) is 4.36. The van der Waals surface area contributed by atoms with E-state index in [0.29, 0.717) is 23.7 Å². The Bertz CT molecular complexity index is 830. The third kappa shape index (κ3) is 2.87. The lowest BCUT2D eigenvalue weighted by Gasteiger charge is -2.33. The Balaban J connectivity index is 1.60. The number of rotatable bonds is 3. The number of aromatic nitrogens is 3. The number of aromatic amines is 1. The minimum Gasteiger partial charge on any atom is -0.480 e. The quantitative estimate of drug-likeness (QED) is 0.883. The second-order valence-electron chi connectivity index (χ2n) is 7.24. The molecule has 1 amide bonds. The molecular formula is C19H22N4O3. The lowest BCUT2D eigenvalue weighted by Crippen LogP contribution is -2.46. The summed E-state index contributed by atoms with van der Waals surface area (Å²) in [6.07, 6.45) is 4.66. The van der Waals surface area contributed by atoms with E-state index in [2.05, 4.69) is 15.2 Å². The molecule has 1 aromatic heterocycles. The van der Waals surface area contributed by atoms with Crippen molar-refractivity contribution >= 4 is 11.9 Å². The molecule has 2 N–H and O–H groups in total. The number of nitrogens with one attached hydrogen (secondary N) is 1. The highest BCUT2D eigenvalue weighted by Crippen LogP contribution is 2.40. The highest BCUT2D eigenvalue weighted by Gasteiger charge is 2.47. The Hall–Kier alpha value is -2.70. The molecule has 2 aromatic rings. The van der Waals surface area contributed by atoms with E-state index in [-0.39, 0.29) is 11.9 Å². The van der Waals surface area contributed by atoms with E-state index < -0.39 is 12.0 Å². The number of fused-ring (bicyclic) bond motifs is 1. The SMILES string of the molecule is Cc1nc(-c2ccc(C(=O)N3[C@H](C(=O)O)C[C@@H]4CCCC[C@@H]43)cc2)n[nH]1. The predicted octanol–water partition coefficient (Wildman–Crippen LogP) is 2.64. The first-order valence-corrected chi connectivity index (χ1v) is 9.09. The zero-order valence-corrected chi connectivity index (χ0v) is 14.7. The second-order valence-corrected chi connectivity index (χ2v) is 7.24. The number of hydrogen-bond donors (Lipinski definition) is 2. The Labute approximate surface area is 151 Å². The van der Waals surface area contributed by atoms with Gasteiger partial charge in [0.1, 0.15) is 11.9 Å². The van der Waals surface area contributed by atoms with Crippen molar-refractivity contribution < 1.29 is 14.7 Å². The van der Waals surface area contributed by atoms with E-state index in [9.17, 15) is 14.7 Å². The minimum absolute atomic E-state index is 0.0488. The number of aryl methyl sites for hydroxylation is 1. The van der Waals surface area contributed by atoms with Crippen LogP contribution in [0.1, 0.15) is 48.3 Å². The predicted molar refractivity (Wildman–Crippen MR) is 94.5 cm³/mol. The van der Waals surface area contributed by atoms with Crippen molar-refractivity contribution in [2.24, 2.45) is 5.92 Å². The zero-order chi connectivity index (χ0) is 18.3. The molecule has 1 aromatic carbocycles. The van der Waals surface area contributed by atoms with Crippen molar-refractivity contribution in [1.82, 2.24) is 20.1 Å². The Morgan fingerprint density at radius 2 is 1.92 bits per heavy atom. The highest BCUT2D eigenvalue weighted by atomic mass is 16.4. The Morgan fingerprint density at radius 3 is 2.58 bits per heavy atom. The van der Waals surface area contributed by atoms with Crippen LogP contribution in [0.2, 0.25) is 0 Å². The maximum atomic E-state index is 13.1. The minimum atomic E-state index is -0.902. The summed E-state index contributed by atoms with van der Waals surface area (Å²) < 4.78 is 0. The van der Waals surface area contributed by atoms with E-state index in [1.54, 1.807) is 29.2 Å². The molecular weight excluding hydrogens is 332 g/mol. The number of likely N-dealkylation sites (tertiary alicyclic amines) is 1. The lowest BCUT2D eigenvalue weighted by molar-refractivity contribution is -0.141. The fourth-order valence-corrected chi connectivity index (χ4v) is 4.36. The van der Waals surface area contributed by atoms with Crippen molar-refractivity contribution in [3.63, 3.8) is 0 Å². The molecule has 2 heterocycles. The van der Waals surface area contributed by atoms with E-state index in [4.69, 9.17) is 0 Å². The maximum Gasteiger partial charge on any atom is 0.326 e. The molecule has 0 unspecified atom stereocenters. The summed E-state index contributed by atoms with van der Waals surface area (Å²) in [5.41, 5.74) is 1.33. The molecule has 0 radical (unpaired) electrons. The first kappa shape index (κ1) is 16.8. The third-order valence-corrected chi connectivity index (χ3v) is 5.59. The topological polar surface area (TPSA) is 99.2 Å². The largest absolute Gasteiger partial charge is 0.480 e. The summed E-state index contributed by atoms with van der Waals surface area (Å²) in [6, 6.07) is 6.41. The average Bonchev–Trinajstić information content (AvgIpc) is 3.25. The molecule has 1 saturated heterocycles. The number of benzene rings is 1. The number of carboxylic acids is 1. The molecule has 2 aliphatic rings. The molecule has 2 fully saturated rings. The van der Waals surface area contributed by atoms with Crippen molar-refractivity contribution in [2.45, 2.75) is 51.1 Å². The van der Waals surface area contributed by atoms with Crippen LogP contribution in [-0.2, 0) is 4.79 Å². The number of carbonyl (C=O) groups excluding carboxylic acids is 1. The van der Waals surface area contributed by atoms with Crippen molar-refractivity contribution in [2.75, 3.05) is 0 Å². The van der Waals surface area contributed by atoms with Gasteiger partial charge >= 0.3 is 5.97 Å². The first-order valence-electron chi connectivity index (χ1n) is 9.09. The van der Waals surface area contributed by atoms with Crippen LogP contribution < -0.4 is 0 Å². The van der Waals surface area contributed by atoms with E-state index in [1.807, 2.05) is 6.92 Å². The van der Waals surface area contributed by atoms with Crippen LogP contribution in [0.5, 0.6) is 0 Å². The summed E-state index contributed by atoms with van der Waals surface area (Å²) in [5.74, 6) is 0.526. The highest BCUT2D eigenvalue weighted by molar-refractivity contribution is 5.97. The van der Waals surface area contributed by atoms with Crippen LogP contribution in [0.25, 0.3) is 11.4 Å². The van der Waals surface area contributed by atoms with Gasteiger partial charge in [0.05, 0.1) is 0 Å². The summed E-state index contributed by atoms with van der Waals surface area (Å²) >= 11 is 0. The van der Waals surface area contributed by atoms with Gasteiger partial charge in [-0.2, -0.15) is 5.10 Å². The van der Waals surface area contributed by atoms with Crippen LogP contribution in [-0.4, -0.2) is 49.1 Å². The molecule has 3 atom stereocenters. The van der Waals surface area contributed by atoms with Gasteiger partial charge in [-0.05, 0) is 44.2 Å². The van der Waals surface area contributed by atoms with Gasteiger partial charge in [0.25, 0.3) is 5.91 Å². The lowest BCUT2D eigenvalue weighted by atomic mass is 9.84. The molecule has 7 heteroatoms. The number of aliphatic carboxylic acids is 1. The average molecular weight is 354 g/mol. The van der Waals surface area contributed by atoms with Gasteiger partial charge in [0.15, 0.2) is 5.82 Å². The summed E-state index contributed by atoms with van der Waals surface area (Å²) in [6.45, 7) is 1.83. The van der Waals surface area contributed by atoms with Gasteiger partial charge < -0.3 is 10.0 Å². The standard InChI is InChI=1S/C19H22N4O3/c1-11-20-17(22-21-11)12-6-8-13(9-7-12)18(24)23-15-5-3-2-4-14(15)10-16(23)19(25)26/h6-9,14-16H,2-5,10H2,1H3,(H,25,26)(H,20,21,22)/t14-,15-,16-/m0/s1. The maximum absolute atomic E-state index is 13.1. The van der Waals surface area contributed by atoms with Gasteiger partial charge in [-0.15, -0.1) is 0 Å². The number of H-pyrrole nitrogens is 1. The third-order valence-electron chi connectivity index (χ3n) is 5.59. The molecule has 7 nitrogen and oxygen atoms in total. The molecule has 1 saturated carbocycles. The molecule has 1 aliphatic heterocycles. The molecule has 1 aliphatic carbocycles. The second kappa shape index (κ2) is 6.55. The van der Waals surface area contributed by atoms with Crippen molar-refractivity contribution in [1.29, 1.82) is 0 Å². The van der Waals surface area contributed by atoms with Gasteiger partial charge in [-0.1, -0.05) is 25.0 Å². The zero-order valence-electron chi connectivity index (χ0n) is 14.7. The van der Waals surface area contributed by atoms with Gasteiger partial charge in [0, 0.05) is 17.2 Å². The van der Waals surface area contributed by atoms with Crippen LogP contribution in [0, 0.1) is 12.8 Å². The first-order chi connectivity index (χ1) is 12.5. The van der Waals surface area contributed by atoms with Gasteiger partial charge in [-0.25, -0.2) is 9.78 Å². The number of amides is 1. The molecule has 136 valence electrons. The summed E-state index contributed by atoms with van der Waals surface area (Å²) in [5, 5.41) is 16.5. The molecule has 26 heavy (non-hydrogen) atoms. The summed E-state index contributed by atoms with van der Waals surface area (Å²) in [7, 11) is 0. The molecule has 4 rings (SSSR count). The summed E-state index contributed by atoms with van der Waals surface area (Å²) in [4.78, 5) is 30.7. The van der Waals surface area contributed by atoms with Crippen molar-refractivity contribution in [3.05, 3.63) is 35.7 Å². The number of carboxylic acid groups (broad SMARTS) is 1. The van der Waals surface area contributed by atoms with E-state index >= 15 is 0 Å². The smallest absolute Gasteiger partial charge is 0.326 e. The van der Waals surface area contributed by atoms with Gasteiger partial charge in [0.2, 0.25) is 0 Å².